The van der Waals surface area contributed by atoms with Crippen molar-refractivity contribution in [3.8, 4) is 5.75 Å². The Morgan fingerprint density at radius 3 is 2.69 bits per heavy atom. The highest BCUT2D eigenvalue weighted by Crippen LogP contribution is 2.25. The minimum absolute atomic E-state index is 0.179. The molecule has 0 aliphatic heterocycles. The van der Waals surface area contributed by atoms with Crippen LogP contribution in [0.4, 0.5) is 5.69 Å². The van der Waals surface area contributed by atoms with Crippen LogP contribution in [-0.4, -0.2) is 15.9 Å². The molecule has 0 bridgehead atoms. The van der Waals surface area contributed by atoms with Gasteiger partial charge in [0, 0.05) is 34.1 Å². The maximum absolute atomic E-state index is 12.8. The predicted molar refractivity (Wildman–Crippen MR) is 115 cm³/mol. The average Bonchev–Trinajstić information content (AvgIpc) is 3.40. The fourth-order valence-corrected chi connectivity index (χ4v) is 3.44. The van der Waals surface area contributed by atoms with Crippen molar-refractivity contribution in [3.63, 3.8) is 0 Å². The fourth-order valence-electron chi connectivity index (χ4n) is 3.44. The van der Waals surface area contributed by atoms with Crippen LogP contribution in [0.2, 0.25) is 0 Å². The number of hydrogen-bond acceptors (Lipinski definition) is 2. The summed E-state index contributed by atoms with van der Waals surface area (Å²) in [7, 11) is 0. The van der Waals surface area contributed by atoms with Gasteiger partial charge >= 0.3 is 0 Å². The van der Waals surface area contributed by atoms with E-state index in [1.807, 2.05) is 85.1 Å². The average molecular weight is 381 g/mol. The molecule has 0 spiro atoms. The van der Waals surface area contributed by atoms with E-state index in [0.29, 0.717) is 12.3 Å². The molecule has 3 N–H and O–H groups in total. The first-order chi connectivity index (χ1) is 14.3. The lowest BCUT2D eigenvalue weighted by Crippen LogP contribution is -2.12. The van der Waals surface area contributed by atoms with Gasteiger partial charge < -0.3 is 20.0 Å². The van der Waals surface area contributed by atoms with E-state index in [1.54, 1.807) is 0 Å². The number of carbonyl (C=O) groups is 1. The zero-order chi connectivity index (χ0) is 19.6. The van der Waals surface area contributed by atoms with E-state index in [4.69, 9.17) is 4.74 Å². The van der Waals surface area contributed by atoms with Crippen LogP contribution in [-0.2, 0) is 6.61 Å². The first-order valence-electron chi connectivity index (χ1n) is 9.43. The molecule has 0 aliphatic carbocycles. The number of nitrogens with one attached hydrogen (secondary N) is 3. The van der Waals surface area contributed by atoms with Gasteiger partial charge in [-0.05, 0) is 42.0 Å². The molecule has 0 aliphatic rings. The normalized spacial score (nSPS) is 11.0. The van der Waals surface area contributed by atoms with Gasteiger partial charge in [0.05, 0.1) is 5.69 Å². The number of fused-ring (bicyclic) bond motifs is 2. The molecule has 0 atom stereocenters. The lowest BCUT2D eigenvalue weighted by atomic mass is 10.2. The molecule has 0 saturated heterocycles. The second kappa shape index (κ2) is 7.20. The van der Waals surface area contributed by atoms with Crippen molar-refractivity contribution in [2.45, 2.75) is 6.61 Å². The molecule has 142 valence electrons. The van der Waals surface area contributed by atoms with E-state index in [2.05, 4.69) is 15.3 Å². The summed E-state index contributed by atoms with van der Waals surface area (Å²) in [6.07, 6.45) is 1.86. The molecule has 0 saturated carbocycles. The number of benzene rings is 3. The van der Waals surface area contributed by atoms with Crippen molar-refractivity contribution in [1.82, 2.24) is 9.97 Å². The Kier molecular flexibility index (Phi) is 4.26. The highest BCUT2D eigenvalue weighted by atomic mass is 16.5. The minimum Gasteiger partial charge on any atom is -0.489 e. The Morgan fingerprint density at radius 2 is 1.79 bits per heavy atom. The van der Waals surface area contributed by atoms with Gasteiger partial charge in [-0.1, -0.05) is 36.4 Å². The first kappa shape index (κ1) is 17.1. The summed E-state index contributed by atoms with van der Waals surface area (Å²) in [5.74, 6) is 0.578. The second-order valence-electron chi connectivity index (χ2n) is 6.90. The Morgan fingerprint density at radius 1 is 0.897 bits per heavy atom. The molecular formula is C24H19N3O2. The third-order valence-corrected chi connectivity index (χ3v) is 4.93. The summed E-state index contributed by atoms with van der Waals surface area (Å²) in [4.78, 5) is 19.1. The van der Waals surface area contributed by atoms with Gasteiger partial charge in [0.25, 0.3) is 5.91 Å². The SMILES string of the molecule is O=C(Nc1cccc2[nH]ccc12)c1cc2ccc(OCc3ccccc3)cc2[nH]1. The number of amides is 1. The molecule has 2 heterocycles. The number of anilines is 1. The van der Waals surface area contributed by atoms with Gasteiger partial charge in [-0.2, -0.15) is 0 Å². The monoisotopic (exact) mass is 381 g/mol. The third-order valence-electron chi connectivity index (χ3n) is 4.93. The first-order valence-corrected chi connectivity index (χ1v) is 9.43. The zero-order valence-electron chi connectivity index (χ0n) is 15.6. The van der Waals surface area contributed by atoms with Crippen molar-refractivity contribution in [2.75, 3.05) is 5.32 Å². The van der Waals surface area contributed by atoms with Crippen molar-refractivity contribution >= 4 is 33.4 Å². The van der Waals surface area contributed by atoms with E-state index in [-0.39, 0.29) is 5.91 Å². The molecule has 3 aromatic carbocycles. The Bertz CT molecular complexity index is 1300. The van der Waals surface area contributed by atoms with E-state index in [0.717, 1.165) is 38.8 Å². The van der Waals surface area contributed by atoms with E-state index >= 15 is 0 Å². The Hall–Kier alpha value is -3.99. The highest BCUT2D eigenvalue weighted by Gasteiger charge is 2.12. The molecule has 0 fully saturated rings. The van der Waals surface area contributed by atoms with Gasteiger partial charge in [-0.3, -0.25) is 4.79 Å². The highest BCUT2D eigenvalue weighted by molar-refractivity contribution is 6.09. The summed E-state index contributed by atoms with van der Waals surface area (Å²) in [5, 5.41) is 4.93. The van der Waals surface area contributed by atoms with Crippen LogP contribution in [0.25, 0.3) is 21.8 Å². The number of ether oxygens (including phenoxy) is 1. The van der Waals surface area contributed by atoms with Crippen LogP contribution >= 0.6 is 0 Å². The summed E-state index contributed by atoms with van der Waals surface area (Å²) in [6, 6.07) is 25.4. The van der Waals surface area contributed by atoms with Crippen LogP contribution in [0.5, 0.6) is 5.75 Å². The molecular weight excluding hydrogens is 362 g/mol. The number of hydrogen-bond donors (Lipinski definition) is 3. The maximum atomic E-state index is 12.8. The van der Waals surface area contributed by atoms with Crippen LogP contribution in [0, 0.1) is 0 Å². The van der Waals surface area contributed by atoms with Crippen LogP contribution in [0.1, 0.15) is 16.1 Å². The number of aromatic nitrogens is 2. The van der Waals surface area contributed by atoms with Crippen molar-refractivity contribution < 1.29 is 9.53 Å². The Labute approximate surface area is 167 Å². The van der Waals surface area contributed by atoms with E-state index in [9.17, 15) is 4.79 Å². The van der Waals surface area contributed by atoms with E-state index in [1.165, 1.54) is 0 Å². The summed E-state index contributed by atoms with van der Waals surface area (Å²) < 4.78 is 5.88. The van der Waals surface area contributed by atoms with Gasteiger partial charge in [-0.25, -0.2) is 0 Å². The molecule has 5 aromatic rings. The molecule has 29 heavy (non-hydrogen) atoms. The largest absolute Gasteiger partial charge is 0.489 e. The quantitative estimate of drug-likeness (QED) is 0.377. The van der Waals surface area contributed by atoms with Crippen LogP contribution in [0.15, 0.2) is 85.1 Å². The summed E-state index contributed by atoms with van der Waals surface area (Å²) in [5.41, 5.74) is 4.24. The smallest absolute Gasteiger partial charge is 0.272 e. The molecule has 0 unspecified atom stereocenters. The van der Waals surface area contributed by atoms with Gasteiger partial charge in [0.2, 0.25) is 0 Å². The molecule has 0 radical (unpaired) electrons. The number of rotatable bonds is 5. The topological polar surface area (TPSA) is 69.9 Å². The lowest BCUT2D eigenvalue weighted by molar-refractivity contribution is 0.102. The standard InChI is InChI=1S/C24H19N3O2/c28-24(27-21-8-4-7-20-19(21)11-12-25-20)23-13-17-9-10-18(14-22(17)26-23)29-15-16-5-2-1-3-6-16/h1-14,25-26H,15H2,(H,27,28). The van der Waals surface area contributed by atoms with Crippen LogP contribution < -0.4 is 10.1 Å². The van der Waals surface area contributed by atoms with Gasteiger partial charge in [0.1, 0.15) is 18.1 Å². The minimum atomic E-state index is -0.179. The van der Waals surface area contributed by atoms with E-state index < -0.39 is 0 Å². The molecule has 5 heteroatoms. The van der Waals surface area contributed by atoms with Crippen LogP contribution in [0.3, 0.4) is 0 Å². The molecule has 1 amide bonds. The van der Waals surface area contributed by atoms with Gasteiger partial charge in [0.15, 0.2) is 0 Å². The third kappa shape index (κ3) is 3.46. The lowest BCUT2D eigenvalue weighted by Gasteiger charge is -2.06. The summed E-state index contributed by atoms with van der Waals surface area (Å²) >= 11 is 0. The maximum Gasteiger partial charge on any atom is 0.272 e. The number of carbonyl (C=O) groups excluding carboxylic acids is 1. The molecule has 5 rings (SSSR count). The second-order valence-corrected chi connectivity index (χ2v) is 6.90. The molecule has 5 nitrogen and oxygen atoms in total. The number of aromatic amines is 2. The fraction of sp³-hybridized carbons (Fsp3) is 0.0417. The van der Waals surface area contributed by atoms with Crippen molar-refractivity contribution in [1.29, 1.82) is 0 Å². The molecule has 2 aromatic heterocycles. The predicted octanol–water partition coefficient (Wildman–Crippen LogP) is 5.48. The van der Waals surface area contributed by atoms with Crippen molar-refractivity contribution in [2.24, 2.45) is 0 Å². The zero-order valence-corrected chi connectivity index (χ0v) is 15.6. The van der Waals surface area contributed by atoms with Crippen molar-refractivity contribution in [3.05, 3.63) is 96.3 Å². The van der Waals surface area contributed by atoms with Gasteiger partial charge in [-0.15, -0.1) is 0 Å². The Balaban J connectivity index is 1.35. The summed E-state index contributed by atoms with van der Waals surface area (Å²) in [6.45, 7) is 0.501. The number of H-pyrrole nitrogens is 2.